The van der Waals surface area contributed by atoms with Crippen LogP contribution in [0.25, 0.3) is 0 Å². The Morgan fingerprint density at radius 3 is 2.96 bits per heavy atom. The third-order valence-corrected chi connectivity index (χ3v) is 6.42. The van der Waals surface area contributed by atoms with Crippen LogP contribution in [0.15, 0.2) is 29.2 Å². The zero-order valence-corrected chi connectivity index (χ0v) is 14.9. The van der Waals surface area contributed by atoms with E-state index in [0.29, 0.717) is 11.7 Å². The molecular formula is C19H23N3OS. The molecule has 0 bridgehead atoms. The van der Waals surface area contributed by atoms with Crippen molar-refractivity contribution in [2.45, 2.75) is 50.0 Å². The fraction of sp³-hybridized carbons (Fsp3) is 0.474. The molecule has 2 heterocycles. The van der Waals surface area contributed by atoms with E-state index >= 15 is 0 Å². The number of carbonyl (C=O) groups is 1. The van der Waals surface area contributed by atoms with Gasteiger partial charge in [-0.25, -0.2) is 0 Å². The molecule has 24 heavy (non-hydrogen) atoms. The third kappa shape index (κ3) is 2.97. The molecule has 4 nitrogen and oxygen atoms in total. The number of aryl methyl sites for hydroxylation is 1. The van der Waals surface area contributed by atoms with Crippen molar-refractivity contribution in [2.24, 2.45) is 0 Å². The minimum atomic E-state index is 0.231. The summed E-state index contributed by atoms with van der Waals surface area (Å²) in [5.41, 5.74) is 4.99. The Morgan fingerprint density at radius 2 is 2.21 bits per heavy atom. The SMILES string of the molecule is Cc1ccccc1SCC(=O)N1CCc2[nH]nc(C3CCC3)c2C1. The lowest BCUT2D eigenvalue weighted by atomic mass is 9.81. The van der Waals surface area contributed by atoms with E-state index in [0.717, 1.165) is 19.5 Å². The molecule has 1 aliphatic carbocycles. The maximum absolute atomic E-state index is 12.7. The summed E-state index contributed by atoms with van der Waals surface area (Å²) in [4.78, 5) is 15.9. The van der Waals surface area contributed by atoms with Gasteiger partial charge in [-0.2, -0.15) is 5.10 Å². The van der Waals surface area contributed by atoms with Crippen LogP contribution in [0.4, 0.5) is 0 Å². The summed E-state index contributed by atoms with van der Waals surface area (Å²) in [5, 5.41) is 7.76. The zero-order chi connectivity index (χ0) is 16.5. The number of aromatic amines is 1. The number of thioether (sulfide) groups is 1. The normalized spacial score (nSPS) is 17.5. The third-order valence-electron chi connectivity index (χ3n) is 5.25. The van der Waals surface area contributed by atoms with Crippen LogP contribution in [0.5, 0.6) is 0 Å². The average Bonchev–Trinajstić information content (AvgIpc) is 2.95. The van der Waals surface area contributed by atoms with Gasteiger partial charge < -0.3 is 4.90 Å². The number of rotatable bonds is 4. The molecule has 0 saturated heterocycles. The van der Waals surface area contributed by atoms with Gasteiger partial charge in [-0.05, 0) is 31.4 Å². The summed E-state index contributed by atoms with van der Waals surface area (Å²) >= 11 is 1.64. The molecule has 1 aromatic carbocycles. The molecule has 1 aliphatic heterocycles. The van der Waals surface area contributed by atoms with E-state index in [1.165, 1.54) is 46.7 Å². The monoisotopic (exact) mass is 341 g/mol. The van der Waals surface area contributed by atoms with Gasteiger partial charge >= 0.3 is 0 Å². The first-order valence-electron chi connectivity index (χ1n) is 8.74. The number of nitrogens with one attached hydrogen (secondary N) is 1. The van der Waals surface area contributed by atoms with Crippen molar-refractivity contribution in [3.05, 3.63) is 46.8 Å². The van der Waals surface area contributed by atoms with Gasteiger partial charge in [-0.3, -0.25) is 9.89 Å². The summed E-state index contributed by atoms with van der Waals surface area (Å²) < 4.78 is 0. The first kappa shape index (κ1) is 15.8. The standard InChI is InChI=1S/C19H23N3OS/c1-13-5-2-3-8-17(13)24-12-18(23)22-10-9-16-15(11-22)19(21-20-16)14-6-4-7-14/h2-3,5,8,14H,4,6-7,9-12H2,1H3,(H,20,21). The van der Waals surface area contributed by atoms with Gasteiger partial charge in [0.1, 0.15) is 0 Å². The van der Waals surface area contributed by atoms with Crippen LogP contribution in [0.2, 0.25) is 0 Å². The highest BCUT2D eigenvalue weighted by Gasteiger charge is 2.30. The first-order chi connectivity index (χ1) is 11.7. The maximum Gasteiger partial charge on any atom is 0.233 e. The number of hydrogen-bond acceptors (Lipinski definition) is 3. The van der Waals surface area contributed by atoms with Crippen molar-refractivity contribution >= 4 is 17.7 Å². The molecule has 2 aromatic rings. The molecular weight excluding hydrogens is 318 g/mol. The summed E-state index contributed by atoms with van der Waals surface area (Å²) in [6.07, 6.45) is 4.70. The molecule has 0 spiro atoms. The lowest BCUT2D eigenvalue weighted by molar-refractivity contribution is -0.129. The highest BCUT2D eigenvalue weighted by Crippen LogP contribution is 2.38. The van der Waals surface area contributed by atoms with E-state index < -0.39 is 0 Å². The van der Waals surface area contributed by atoms with Gasteiger partial charge in [-0.15, -0.1) is 11.8 Å². The summed E-state index contributed by atoms with van der Waals surface area (Å²) in [6, 6.07) is 8.25. The lowest BCUT2D eigenvalue weighted by Gasteiger charge is -2.30. The van der Waals surface area contributed by atoms with Crippen LogP contribution in [-0.4, -0.2) is 33.3 Å². The van der Waals surface area contributed by atoms with Gasteiger partial charge in [-0.1, -0.05) is 24.6 Å². The highest BCUT2D eigenvalue weighted by molar-refractivity contribution is 8.00. The van der Waals surface area contributed by atoms with Gasteiger partial charge in [0, 0.05) is 41.6 Å². The second kappa shape index (κ2) is 6.63. The number of nitrogens with zero attached hydrogens (tertiary/aromatic N) is 2. The Kier molecular flexibility index (Phi) is 4.35. The van der Waals surface area contributed by atoms with Crippen molar-refractivity contribution in [2.75, 3.05) is 12.3 Å². The van der Waals surface area contributed by atoms with Crippen LogP contribution in [0, 0.1) is 6.92 Å². The molecule has 1 aromatic heterocycles. The van der Waals surface area contributed by atoms with Crippen molar-refractivity contribution < 1.29 is 4.79 Å². The molecule has 4 rings (SSSR count). The fourth-order valence-corrected chi connectivity index (χ4v) is 4.43. The summed E-state index contributed by atoms with van der Waals surface area (Å²) in [7, 11) is 0. The number of amides is 1. The largest absolute Gasteiger partial charge is 0.337 e. The Balaban J connectivity index is 1.41. The molecule has 1 fully saturated rings. The minimum absolute atomic E-state index is 0.231. The number of fused-ring (bicyclic) bond motifs is 1. The minimum Gasteiger partial charge on any atom is -0.337 e. The highest BCUT2D eigenvalue weighted by atomic mass is 32.2. The Hall–Kier alpha value is -1.75. The lowest BCUT2D eigenvalue weighted by Crippen LogP contribution is -2.37. The number of hydrogen-bond donors (Lipinski definition) is 1. The van der Waals surface area contributed by atoms with Crippen molar-refractivity contribution in [3.63, 3.8) is 0 Å². The van der Waals surface area contributed by atoms with Crippen LogP contribution in [0.3, 0.4) is 0 Å². The Morgan fingerprint density at radius 1 is 1.38 bits per heavy atom. The Labute approximate surface area is 147 Å². The smallest absolute Gasteiger partial charge is 0.233 e. The molecule has 126 valence electrons. The number of aromatic nitrogens is 2. The first-order valence-corrected chi connectivity index (χ1v) is 9.73. The summed E-state index contributed by atoms with van der Waals surface area (Å²) in [5.74, 6) is 1.35. The van der Waals surface area contributed by atoms with Crippen LogP contribution in [-0.2, 0) is 17.8 Å². The molecule has 2 aliphatic rings. The van der Waals surface area contributed by atoms with Gasteiger partial charge in [0.15, 0.2) is 0 Å². The molecule has 0 unspecified atom stereocenters. The van der Waals surface area contributed by atoms with Gasteiger partial charge in [0.05, 0.1) is 11.4 Å². The Bertz CT molecular complexity index is 751. The quantitative estimate of drug-likeness (QED) is 0.863. The van der Waals surface area contributed by atoms with Crippen molar-refractivity contribution in [1.29, 1.82) is 0 Å². The van der Waals surface area contributed by atoms with Crippen molar-refractivity contribution in [3.8, 4) is 0 Å². The van der Waals surface area contributed by atoms with E-state index in [1.807, 2.05) is 17.0 Å². The zero-order valence-electron chi connectivity index (χ0n) is 14.0. The van der Waals surface area contributed by atoms with Crippen LogP contribution < -0.4 is 0 Å². The molecule has 0 radical (unpaired) electrons. The van der Waals surface area contributed by atoms with Crippen LogP contribution in [0.1, 0.15) is 47.7 Å². The van der Waals surface area contributed by atoms with Gasteiger partial charge in [0.2, 0.25) is 5.91 Å². The number of benzene rings is 1. The number of carbonyl (C=O) groups excluding carboxylic acids is 1. The van der Waals surface area contributed by atoms with E-state index in [4.69, 9.17) is 0 Å². The molecule has 1 amide bonds. The molecule has 0 atom stereocenters. The topological polar surface area (TPSA) is 49.0 Å². The molecule has 5 heteroatoms. The second-order valence-corrected chi connectivity index (χ2v) is 7.83. The number of H-pyrrole nitrogens is 1. The van der Waals surface area contributed by atoms with E-state index in [-0.39, 0.29) is 5.91 Å². The predicted molar refractivity (Wildman–Crippen MR) is 96.2 cm³/mol. The summed E-state index contributed by atoms with van der Waals surface area (Å²) in [6.45, 7) is 3.62. The maximum atomic E-state index is 12.7. The molecule has 1 N–H and O–H groups in total. The van der Waals surface area contributed by atoms with Gasteiger partial charge in [0.25, 0.3) is 0 Å². The van der Waals surface area contributed by atoms with Crippen LogP contribution >= 0.6 is 11.8 Å². The fourth-order valence-electron chi connectivity index (χ4n) is 3.50. The van der Waals surface area contributed by atoms with E-state index in [1.54, 1.807) is 11.8 Å². The van der Waals surface area contributed by atoms with E-state index in [2.05, 4.69) is 29.3 Å². The average molecular weight is 341 g/mol. The van der Waals surface area contributed by atoms with Crippen molar-refractivity contribution in [1.82, 2.24) is 15.1 Å². The van der Waals surface area contributed by atoms with E-state index in [9.17, 15) is 4.79 Å². The second-order valence-electron chi connectivity index (χ2n) is 6.81. The predicted octanol–water partition coefficient (Wildman–Crippen LogP) is 3.66. The molecule has 1 saturated carbocycles.